The van der Waals surface area contributed by atoms with E-state index in [2.05, 4.69) is 0 Å². The van der Waals surface area contributed by atoms with Crippen molar-refractivity contribution in [3.05, 3.63) is 35.6 Å². The largest absolute Gasteiger partial charge is 0.481 e. The molecule has 1 aromatic carbocycles. The zero-order valence-electron chi connectivity index (χ0n) is 12.4. The van der Waals surface area contributed by atoms with E-state index in [1.807, 2.05) is 32.0 Å². The summed E-state index contributed by atoms with van der Waals surface area (Å²) in [6.07, 6.45) is 0. The summed E-state index contributed by atoms with van der Waals surface area (Å²) in [5.74, 6) is -1.56. The summed E-state index contributed by atoms with van der Waals surface area (Å²) in [4.78, 5) is 24.8. The van der Waals surface area contributed by atoms with Crippen molar-refractivity contribution in [2.45, 2.75) is 20.8 Å². The number of carboxylic acid groups (broad SMARTS) is 1. The molecule has 1 heterocycles. The molecular weight excluding hydrogens is 270 g/mol. The lowest BCUT2D eigenvalue weighted by Crippen LogP contribution is -2.36. The number of benzene rings is 1. The predicted molar refractivity (Wildman–Crippen MR) is 79.3 cm³/mol. The van der Waals surface area contributed by atoms with Gasteiger partial charge in [0.25, 0.3) is 5.91 Å². The Kier molecular flexibility index (Phi) is 4.31. The first-order valence-electron chi connectivity index (χ1n) is 6.94. The van der Waals surface area contributed by atoms with Crippen LogP contribution in [-0.4, -0.2) is 35.0 Å². The van der Waals surface area contributed by atoms with E-state index in [1.165, 1.54) is 4.90 Å². The number of rotatable bonds is 5. The standard InChI is InChI=1S/C16H19NO4/c1-4-17(9-11(3)16(19)20)15(18)14-8-12-7-10(2)5-6-13(12)21-14/h5-8,11H,4,9H2,1-3H3,(H,19,20). The van der Waals surface area contributed by atoms with Crippen LogP contribution in [0.15, 0.2) is 28.7 Å². The van der Waals surface area contributed by atoms with E-state index in [0.29, 0.717) is 12.1 Å². The molecule has 112 valence electrons. The van der Waals surface area contributed by atoms with E-state index < -0.39 is 11.9 Å². The van der Waals surface area contributed by atoms with Crippen LogP contribution in [0, 0.1) is 12.8 Å². The summed E-state index contributed by atoms with van der Waals surface area (Å²) in [6, 6.07) is 7.41. The van der Waals surface area contributed by atoms with E-state index in [4.69, 9.17) is 9.52 Å². The average Bonchev–Trinajstić information content (AvgIpc) is 2.86. The van der Waals surface area contributed by atoms with Crippen molar-refractivity contribution in [3.63, 3.8) is 0 Å². The van der Waals surface area contributed by atoms with Gasteiger partial charge in [-0.05, 0) is 32.0 Å². The van der Waals surface area contributed by atoms with Gasteiger partial charge < -0.3 is 14.4 Å². The molecule has 0 aliphatic carbocycles. The Hall–Kier alpha value is -2.30. The molecule has 0 spiro atoms. The summed E-state index contributed by atoms with van der Waals surface area (Å²) >= 11 is 0. The molecule has 2 aromatic rings. The molecule has 0 saturated heterocycles. The molecule has 0 fully saturated rings. The molecule has 1 amide bonds. The van der Waals surface area contributed by atoms with Gasteiger partial charge in [-0.25, -0.2) is 0 Å². The van der Waals surface area contributed by atoms with Crippen molar-refractivity contribution in [3.8, 4) is 0 Å². The van der Waals surface area contributed by atoms with Gasteiger partial charge in [-0.1, -0.05) is 18.6 Å². The molecule has 0 saturated carbocycles. The van der Waals surface area contributed by atoms with Gasteiger partial charge in [-0.15, -0.1) is 0 Å². The van der Waals surface area contributed by atoms with Crippen molar-refractivity contribution in [1.29, 1.82) is 0 Å². The van der Waals surface area contributed by atoms with Crippen LogP contribution in [0.4, 0.5) is 0 Å². The smallest absolute Gasteiger partial charge is 0.308 e. The van der Waals surface area contributed by atoms with Crippen molar-refractivity contribution >= 4 is 22.8 Å². The van der Waals surface area contributed by atoms with Crippen molar-refractivity contribution in [2.75, 3.05) is 13.1 Å². The number of amides is 1. The number of aryl methyl sites for hydroxylation is 1. The van der Waals surface area contributed by atoms with Crippen LogP contribution in [-0.2, 0) is 4.79 Å². The Morgan fingerprint density at radius 2 is 2.05 bits per heavy atom. The SMILES string of the molecule is CCN(CC(C)C(=O)O)C(=O)c1cc2cc(C)ccc2o1. The Morgan fingerprint density at radius 1 is 1.33 bits per heavy atom. The zero-order chi connectivity index (χ0) is 15.6. The number of aliphatic carboxylic acids is 1. The normalized spacial score (nSPS) is 12.3. The van der Waals surface area contributed by atoms with Crippen LogP contribution in [0.25, 0.3) is 11.0 Å². The quantitative estimate of drug-likeness (QED) is 0.918. The minimum Gasteiger partial charge on any atom is -0.481 e. The van der Waals surface area contributed by atoms with E-state index in [0.717, 1.165) is 10.9 Å². The molecule has 0 aliphatic rings. The number of carbonyl (C=O) groups excluding carboxylic acids is 1. The fraction of sp³-hybridized carbons (Fsp3) is 0.375. The van der Waals surface area contributed by atoms with Crippen molar-refractivity contribution < 1.29 is 19.1 Å². The highest BCUT2D eigenvalue weighted by Gasteiger charge is 2.23. The van der Waals surface area contributed by atoms with Gasteiger partial charge in [-0.3, -0.25) is 9.59 Å². The monoisotopic (exact) mass is 289 g/mol. The van der Waals surface area contributed by atoms with Crippen LogP contribution in [0.1, 0.15) is 30.0 Å². The Morgan fingerprint density at radius 3 is 2.67 bits per heavy atom. The first-order chi connectivity index (χ1) is 9.92. The number of nitrogens with zero attached hydrogens (tertiary/aromatic N) is 1. The maximum Gasteiger partial charge on any atom is 0.308 e. The molecule has 1 unspecified atom stereocenters. The average molecular weight is 289 g/mol. The fourth-order valence-electron chi connectivity index (χ4n) is 2.19. The molecular formula is C16H19NO4. The second kappa shape index (κ2) is 5.99. The number of hydrogen-bond acceptors (Lipinski definition) is 3. The highest BCUT2D eigenvalue weighted by molar-refractivity contribution is 5.96. The third-order valence-electron chi connectivity index (χ3n) is 3.47. The molecule has 1 N–H and O–H groups in total. The third kappa shape index (κ3) is 3.24. The zero-order valence-corrected chi connectivity index (χ0v) is 12.4. The number of carboxylic acids is 1. The second-order valence-corrected chi connectivity index (χ2v) is 5.24. The van der Waals surface area contributed by atoms with E-state index >= 15 is 0 Å². The minimum atomic E-state index is -0.915. The molecule has 2 rings (SSSR count). The lowest BCUT2D eigenvalue weighted by atomic mass is 10.1. The second-order valence-electron chi connectivity index (χ2n) is 5.24. The van der Waals surface area contributed by atoms with E-state index in [1.54, 1.807) is 13.0 Å². The first kappa shape index (κ1) is 15.1. The van der Waals surface area contributed by atoms with Crippen molar-refractivity contribution in [2.24, 2.45) is 5.92 Å². The molecule has 21 heavy (non-hydrogen) atoms. The summed E-state index contributed by atoms with van der Waals surface area (Å²) in [5, 5.41) is 9.84. The summed E-state index contributed by atoms with van der Waals surface area (Å²) in [5.41, 5.74) is 1.75. The highest BCUT2D eigenvalue weighted by atomic mass is 16.4. The molecule has 0 bridgehead atoms. The molecule has 0 radical (unpaired) electrons. The number of carbonyl (C=O) groups is 2. The van der Waals surface area contributed by atoms with Gasteiger partial charge in [0.1, 0.15) is 5.58 Å². The van der Waals surface area contributed by atoms with Crippen LogP contribution < -0.4 is 0 Å². The van der Waals surface area contributed by atoms with Gasteiger partial charge in [0.15, 0.2) is 5.76 Å². The van der Waals surface area contributed by atoms with Gasteiger partial charge in [0.05, 0.1) is 5.92 Å². The number of fused-ring (bicyclic) bond motifs is 1. The Labute approximate surface area is 123 Å². The first-order valence-corrected chi connectivity index (χ1v) is 6.94. The van der Waals surface area contributed by atoms with Gasteiger partial charge >= 0.3 is 5.97 Å². The van der Waals surface area contributed by atoms with Crippen LogP contribution in [0.5, 0.6) is 0 Å². The van der Waals surface area contributed by atoms with Gasteiger partial charge in [0, 0.05) is 18.5 Å². The topological polar surface area (TPSA) is 70.8 Å². The van der Waals surface area contributed by atoms with E-state index in [-0.39, 0.29) is 18.2 Å². The molecule has 0 aliphatic heterocycles. The lowest BCUT2D eigenvalue weighted by molar-refractivity contribution is -0.141. The maximum atomic E-state index is 12.4. The summed E-state index contributed by atoms with van der Waals surface area (Å²) in [7, 11) is 0. The summed E-state index contributed by atoms with van der Waals surface area (Å²) < 4.78 is 5.57. The third-order valence-corrected chi connectivity index (χ3v) is 3.47. The lowest BCUT2D eigenvalue weighted by Gasteiger charge is -2.21. The van der Waals surface area contributed by atoms with Gasteiger partial charge in [-0.2, -0.15) is 0 Å². The van der Waals surface area contributed by atoms with Crippen LogP contribution >= 0.6 is 0 Å². The van der Waals surface area contributed by atoms with Crippen molar-refractivity contribution in [1.82, 2.24) is 4.90 Å². The number of furan rings is 1. The van der Waals surface area contributed by atoms with Crippen LogP contribution in [0.2, 0.25) is 0 Å². The molecule has 5 heteroatoms. The fourth-order valence-corrected chi connectivity index (χ4v) is 2.19. The molecule has 1 atom stereocenters. The Balaban J connectivity index is 2.24. The highest BCUT2D eigenvalue weighted by Crippen LogP contribution is 2.22. The van der Waals surface area contributed by atoms with Crippen LogP contribution in [0.3, 0.4) is 0 Å². The Bertz CT molecular complexity index is 674. The minimum absolute atomic E-state index is 0.167. The van der Waals surface area contributed by atoms with Gasteiger partial charge in [0.2, 0.25) is 0 Å². The maximum absolute atomic E-state index is 12.4. The predicted octanol–water partition coefficient (Wildman–Crippen LogP) is 2.92. The molecule has 5 nitrogen and oxygen atoms in total. The number of hydrogen-bond donors (Lipinski definition) is 1. The summed E-state index contributed by atoms with van der Waals surface area (Å²) in [6.45, 7) is 5.98. The molecule has 1 aromatic heterocycles. The van der Waals surface area contributed by atoms with E-state index in [9.17, 15) is 9.59 Å².